The molecule has 0 atom stereocenters. The molecule has 1 saturated heterocycles. The number of amides is 1. The van der Waals surface area contributed by atoms with Crippen LogP contribution < -0.4 is 5.32 Å². The van der Waals surface area contributed by atoms with Crippen LogP contribution in [0.5, 0.6) is 0 Å². The molecular formula is C20H27N3O2. The quantitative estimate of drug-likeness (QED) is 0.839. The number of nitrogens with one attached hydrogen (secondary N) is 1. The molecule has 1 aromatic heterocycles. The molecule has 0 spiro atoms. The zero-order chi connectivity index (χ0) is 17.5. The number of likely N-dealkylation sites (N-methyl/N-ethyl adjacent to an activating group) is 1. The fraction of sp³-hybridized carbons (Fsp3) is 0.450. The van der Waals surface area contributed by atoms with Gasteiger partial charge in [0.25, 0.3) is 0 Å². The Morgan fingerprint density at radius 3 is 2.68 bits per heavy atom. The van der Waals surface area contributed by atoms with Gasteiger partial charge in [-0.15, -0.1) is 0 Å². The molecule has 0 unspecified atom stereocenters. The Balaban J connectivity index is 1.44. The Morgan fingerprint density at radius 1 is 1.12 bits per heavy atom. The molecule has 1 N–H and O–H groups in total. The summed E-state index contributed by atoms with van der Waals surface area (Å²) in [6.45, 7) is 6.05. The van der Waals surface area contributed by atoms with Crippen LogP contribution in [0.1, 0.15) is 23.3 Å². The number of carbonyl (C=O) groups excluding carboxylic acids is 1. The number of hydrogen-bond acceptors (Lipinski definition) is 4. The molecule has 0 bridgehead atoms. The van der Waals surface area contributed by atoms with Crippen LogP contribution in [0.15, 0.2) is 47.1 Å². The topological polar surface area (TPSA) is 48.7 Å². The number of benzene rings is 1. The highest BCUT2D eigenvalue weighted by atomic mass is 16.3. The maximum absolute atomic E-state index is 12.0. The van der Waals surface area contributed by atoms with E-state index in [9.17, 15) is 4.79 Å². The molecule has 3 rings (SSSR count). The fourth-order valence-corrected chi connectivity index (χ4v) is 3.08. The Kier molecular flexibility index (Phi) is 6.25. The van der Waals surface area contributed by atoms with E-state index in [-0.39, 0.29) is 5.91 Å². The first-order chi connectivity index (χ1) is 12.2. The van der Waals surface area contributed by atoms with Gasteiger partial charge in [-0.3, -0.25) is 9.69 Å². The monoisotopic (exact) mass is 341 g/mol. The SMILES string of the molecule is CN1CCN(Cc2cccc(CNC(=O)CCc3ccco3)c2)CC1. The molecule has 2 aromatic rings. The van der Waals surface area contributed by atoms with Gasteiger partial charge in [0.05, 0.1) is 6.26 Å². The van der Waals surface area contributed by atoms with Crippen LogP contribution in [-0.2, 0) is 24.3 Å². The van der Waals surface area contributed by atoms with Crippen LogP contribution >= 0.6 is 0 Å². The van der Waals surface area contributed by atoms with Crippen LogP contribution in [0, 0.1) is 0 Å². The third-order valence-corrected chi connectivity index (χ3v) is 4.66. The van der Waals surface area contributed by atoms with Gasteiger partial charge in [0.1, 0.15) is 5.76 Å². The van der Waals surface area contributed by atoms with E-state index in [2.05, 4.69) is 46.4 Å². The molecule has 0 saturated carbocycles. The second kappa shape index (κ2) is 8.83. The lowest BCUT2D eigenvalue weighted by Gasteiger charge is -2.32. The predicted molar refractivity (Wildman–Crippen MR) is 98.1 cm³/mol. The standard InChI is InChI=1S/C20H27N3O2/c1-22-9-11-23(12-10-22)16-18-5-2-4-17(14-18)15-21-20(24)8-7-19-6-3-13-25-19/h2-6,13-14H,7-12,15-16H2,1H3,(H,21,24). The van der Waals surface area contributed by atoms with Gasteiger partial charge in [-0.05, 0) is 30.3 Å². The number of carbonyl (C=O) groups is 1. The molecular weight excluding hydrogens is 314 g/mol. The minimum atomic E-state index is 0.0564. The molecule has 5 nitrogen and oxygen atoms in total. The van der Waals surface area contributed by atoms with Crippen molar-refractivity contribution in [3.8, 4) is 0 Å². The van der Waals surface area contributed by atoms with Crippen molar-refractivity contribution in [2.75, 3.05) is 33.2 Å². The first kappa shape index (κ1) is 17.7. The summed E-state index contributed by atoms with van der Waals surface area (Å²) < 4.78 is 5.25. The molecule has 134 valence electrons. The zero-order valence-electron chi connectivity index (χ0n) is 14.9. The van der Waals surface area contributed by atoms with Crippen LogP contribution in [0.25, 0.3) is 0 Å². The van der Waals surface area contributed by atoms with Gasteiger partial charge in [-0.25, -0.2) is 0 Å². The summed E-state index contributed by atoms with van der Waals surface area (Å²) in [4.78, 5) is 16.8. The molecule has 5 heteroatoms. The molecule has 25 heavy (non-hydrogen) atoms. The molecule has 1 amide bonds. The van der Waals surface area contributed by atoms with Crippen molar-refractivity contribution in [1.29, 1.82) is 0 Å². The average molecular weight is 341 g/mol. The maximum atomic E-state index is 12.0. The maximum Gasteiger partial charge on any atom is 0.220 e. The normalized spacial score (nSPS) is 16.0. The van der Waals surface area contributed by atoms with Crippen molar-refractivity contribution in [3.05, 3.63) is 59.5 Å². The highest BCUT2D eigenvalue weighted by Gasteiger charge is 2.14. The van der Waals surface area contributed by atoms with Crippen molar-refractivity contribution >= 4 is 5.91 Å². The smallest absolute Gasteiger partial charge is 0.220 e. The highest BCUT2D eigenvalue weighted by molar-refractivity contribution is 5.76. The van der Waals surface area contributed by atoms with Crippen molar-refractivity contribution in [2.24, 2.45) is 0 Å². The van der Waals surface area contributed by atoms with E-state index in [0.29, 0.717) is 19.4 Å². The summed E-state index contributed by atoms with van der Waals surface area (Å²) >= 11 is 0. The fourth-order valence-electron chi connectivity index (χ4n) is 3.08. The molecule has 1 aromatic carbocycles. The lowest BCUT2D eigenvalue weighted by atomic mass is 10.1. The predicted octanol–water partition coefficient (Wildman–Crippen LogP) is 2.28. The van der Waals surface area contributed by atoms with Crippen molar-refractivity contribution in [2.45, 2.75) is 25.9 Å². The second-order valence-electron chi connectivity index (χ2n) is 6.76. The Bertz CT molecular complexity index is 661. The third-order valence-electron chi connectivity index (χ3n) is 4.66. The summed E-state index contributed by atoms with van der Waals surface area (Å²) in [5.74, 6) is 0.908. The number of rotatable bonds is 7. The van der Waals surface area contributed by atoms with E-state index in [0.717, 1.165) is 44.0 Å². The average Bonchev–Trinajstić information content (AvgIpc) is 3.14. The lowest BCUT2D eigenvalue weighted by molar-refractivity contribution is -0.121. The van der Waals surface area contributed by atoms with Gasteiger partial charge in [0.15, 0.2) is 0 Å². The Morgan fingerprint density at radius 2 is 1.92 bits per heavy atom. The Hall–Kier alpha value is -2.11. The largest absolute Gasteiger partial charge is 0.469 e. The van der Waals surface area contributed by atoms with Gasteiger partial charge in [-0.1, -0.05) is 24.3 Å². The summed E-state index contributed by atoms with van der Waals surface area (Å²) in [5, 5.41) is 3.00. The van der Waals surface area contributed by atoms with Crippen molar-refractivity contribution < 1.29 is 9.21 Å². The summed E-state index contributed by atoms with van der Waals surface area (Å²) in [6.07, 6.45) is 2.73. The first-order valence-electron chi connectivity index (χ1n) is 8.97. The molecule has 1 aliphatic heterocycles. The minimum absolute atomic E-state index is 0.0564. The molecule has 0 radical (unpaired) electrons. The number of furan rings is 1. The van der Waals surface area contributed by atoms with Crippen LogP contribution in [0.3, 0.4) is 0 Å². The van der Waals surface area contributed by atoms with Crippen molar-refractivity contribution in [1.82, 2.24) is 15.1 Å². The van der Waals surface area contributed by atoms with Crippen LogP contribution in [-0.4, -0.2) is 48.9 Å². The van der Waals surface area contributed by atoms with Gasteiger partial charge in [0, 0.05) is 52.1 Å². The number of hydrogen-bond donors (Lipinski definition) is 1. The highest BCUT2D eigenvalue weighted by Crippen LogP contribution is 2.11. The van der Waals surface area contributed by atoms with Gasteiger partial charge >= 0.3 is 0 Å². The first-order valence-corrected chi connectivity index (χ1v) is 8.97. The van der Waals surface area contributed by atoms with E-state index < -0.39 is 0 Å². The molecule has 1 aliphatic rings. The van der Waals surface area contributed by atoms with Crippen LogP contribution in [0.4, 0.5) is 0 Å². The number of piperazine rings is 1. The third kappa shape index (κ3) is 5.73. The van der Waals surface area contributed by atoms with E-state index in [4.69, 9.17) is 4.42 Å². The van der Waals surface area contributed by atoms with Gasteiger partial charge in [0.2, 0.25) is 5.91 Å². The van der Waals surface area contributed by atoms with Crippen LogP contribution in [0.2, 0.25) is 0 Å². The van der Waals surface area contributed by atoms with E-state index in [1.54, 1.807) is 6.26 Å². The van der Waals surface area contributed by atoms with E-state index in [1.165, 1.54) is 5.56 Å². The van der Waals surface area contributed by atoms with Gasteiger partial charge in [-0.2, -0.15) is 0 Å². The number of nitrogens with zero attached hydrogens (tertiary/aromatic N) is 2. The summed E-state index contributed by atoms with van der Waals surface area (Å²) in [6, 6.07) is 12.3. The lowest BCUT2D eigenvalue weighted by Crippen LogP contribution is -2.43. The van der Waals surface area contributed by atoms with E-state index >= 15 is 0 Å². The summed E-state index contributed by atoms with van der Waals surface area (Å²) in [7, 11) is 2.17. The van der Waals surface area contributed by atoms with E-state index in [1.807, 2.05) is 12.1 Å². The summed E-state index contributed by atoms with van der Waals surface area (Å²) in [5.41, 5.74) is 2.46. The van der Waals surface area contributed by atoms with Gasteiger partial charge < -0.3 is 14.6 Å². The Labute approximate surface area is 149 Å². The molecule has 2 heterocycles. The molecule has 0 aliphatic carbocycles. The second-order valence-corrected chi connectivity index (χ2v) is 6.76. The molecule has 1 fully saturated rings. The minimum Gasteiger partial charge on any atom is -0.469 e. The zero-order valence-corrected chi connectivity index (χ0v) is 14.9. The number of aryl methyl sites for hydroxylation is 1. The van der Waals surface area contributed by atoms with Crippen molar-refractivity contribution in [3.63, 3.8) is 0 Å².